The summed E-state index contributed by atoms with van der Waals surface area (Å²) in [6.45, 7) is 7.26. The monoisotopic (exact) mass is 295 g/mol. The third kappa shape index (κ3) is 6.74. The third-order valence-corrected chi connectivity index (χ3v) is 2.47. The molecule has 0 saturated heterocycles. The van der Waals surface area contributed by atoms with Gasteiger partial charge in [-0.15, -0.1) is 0 Å². The van der Waals surface area contributed by atoms with Crippen molar-refractivity contribution in [3.8, 4) is 0 Å². The Morgan fingerprint density at radius 1 is 1.57 bits per heavy atom. The summed E-state index contributed by atoms with van der Waals surface area (Å²) in [5.74, 6) is -0.177. The minimum atomic E-state index is -0.526. The quantitative estimate of drug-likeness (QED) is 0.894. The van der Waals surface area contributed by atoms with Gasteiger partial charge in [0.1, 0.15) is 17.2 Å². The average Bonchev–Trinajstić information content (AvgIpc) is 2.31. The Labute approximate surface area is 124 Å². The van der Waals surface area contributed by atoms with Gasteiger partial charge in [-0.25, -0.2) is 14.2 Å². The molecule has 0 spiro atoms. The van der Waals surface area contributed by atoms with Crippen LogP contribution in [0.15, 0.2) is 18.3 Å². The van der Waals surface area contributed by atoms with Crippen LogP contribution in [0, 0.1) is 5.82 Å². The number of halogens is 1. The van der Waals surface area contributed by atoms with E-state index in [4.69, 9.17) is 10.5 Å². The van der Waals surface area contributed by atoms with Crippen molar-refractivity contribution >= 4 is 18.0 Å². The van der Waals surface area contributed by atoms with E-state index in [1.54, 1.807) is 32.9 Å². The van der Waals surface area contributed by atoms with Crippen LogP contribution in [0.5, 0.6) is 0 Å². The zero-order chi connectivity index (χ0) is 16.0. The maximum atomic E-state index is 13.0. The first kappa shape index (κ1) is 16.9. The third-order valence-electron chi connectivity index (χ3n) is 2.47. The molecule has 0 aliphatic heterocycles. The lowest BCUT2D eigenvalue weighted by atomic mass is 10.1. The smallest absolute Gasteiger partial charge is 0.407 e. The molecule has 0 radical (unpaired) electrons. The number of carbonyl (C=O) groups is 1. The van der Waals surface area contributed by atoms with Crippen LogP contribution in [0.1, 0.15) is 39.7 Å². The second-order valence-corrected chi connectivity index (χ2v) is 5.81. The molecule has 0 aliphatic carbocycles. The molecule has 6 heteroatoms. The molecule has 0 aliphatic rings. The number of alkyl carbamates (subject to hydrolysis) is 1. The molecule has 1 heterocycles. The lowest BCUT2D eigenvalue weighted by molar-refractivity contribution is 0.0509. The molecule has 1 aromatic heterocycles. The number of nitrogens with one attached hydrogen (secondary N) is 1. The van der Waals surface area contributed by atoms with Gasteiger partial charge in [-0.05, 0) is 40.2 Å². The fraction of sp³-hybridized carbons (Fsp3) is 0.467. The van der Waals surface area contributed by atoms with E-state index in [0.717, 1.165) is 6.20 Å². The Bertz CT molecular complexity index is 524. The van der Waals surface area contributed by atoms with E-state index in [-0.39, 0.29) is 11.9 Å². The number of rotatable bonds is 4. The molecule has 1 aromatic rings. The van der Waals surface area contributed by atoms with Crippen LogP contribution in [0.25, 0.3) is 6.08 Å². The minimum Gasteiger partial charge on any atom is -0.444 e. The normalized spacial score (nSPS) is 13.2. The predicted octanol–water partition coefficient (Wildman–Crippen LogP) is 3.12. The maximum Gasteiger partial charge on any atom is 0.407 e. The number of ether oxygens (including phenoxy) is 1. The van der Waals surface area contributed by atoms with Crippen molar-refractivity contribution < 1.29 is 13.9 Å². The molecule has 1 atom stereocenters. The van der Waals surface area contributed by atoms with Gasteiger partial charge in [-0.1, -0.05) is 12.2 Å². The van der Waals surface area contributed by atoms with Gasteiger partial charge < -0.3 is 15.8 Å². The lowest BCUT2D eigenvalue weighted by Crippen LogP contribution is -2.37. The zero-order valence-corrected chi connectivity index (χ0v) is 12.8. The van der Waals surface area contributed by atoms with E-state index in [0.29, 0.717) is 12.0 Å². The summed E-state index contributed by atoms with van der Waals surface area (Å²) in [5, 5.41) is 2.72. The summed E-state index contributed by atoms with van der Waals surface area (Å²) in [4.78, 5) is 15.3. The summed E-state index contributed by atoms with van der Waals surface area (Å²) in [5.41, 5.74) is 5.62. The van der Waals surface area contributed by atoms with Gasteiger partial charge in [-0.3, -0.25) is 0 Å². The number of pyridine rings is 1. The lowest BCUT2D eigenvalue weighted by Gasteiger charge is -2.21. The first-order chi connectivity index (χ1) is 9.67. The number of aromatic nitrogens is 1. The van der Waals surface area contributed by atoms with Crippen molar-refractivity contribution in [3.63, 3.8) is 0 Å². The minimum absolute atomic E-state index is 0.112. The van der Waals surface area contributed by atoms with Crippen molar-refractivity contribution in [1.82, 2.24) is 10.3 Å². The van der Waals surface area contributed by atoms with Crippen LogP contribution >= 0.6 is 0 Å². The number of nitrogen functional groups attached to an aromatic ring is 1. The van der Waals surface area contributed by atoms with E-state index >= 15 is 0 Å². The average molecular weight is 295 g/mol. The van der Waals surface area contributed by atoms with Crippen LogP contribution < -0.4 is 11.1 Å². The van der Waals surface area contributed by atoms with Gasteiger partial charge in [0.2, 0.25) is 0 Å². The Morgan fingerprint density at radius 3 is 2.86 bits per heavy atom. The summed E-state index contributed by atoms with van der Waals surface area (Å²) >= 11 is 0. The van der Waals surface area contributed by atoms with Gasteiger partial charge in [0.05, 0.1) is 6.20 Å². The number of nitrogens with two attached hydrogens (primary N) is 1. The van der Waals surface area contributed by atoms with Gasteiger partial charge in [0.25, 0.3) is 0 Å². The molecule has 116 valence electrons. The summed E-state index contributed by atoms with van der Waals surface area (Å²) in [6, 6.07) is 1.20. The highest BCUT2D eigenvalue weighted by atomic mass is 19.1. The van der Waals surface area contributed by atoms with E-state index in [2.05, 4.69) is 10.3 Å². The molecule has 5 nitrogen and oxygen atoms in total. The van der Waals surface area contributed by atoms with Crippen LogP contribution in [0.2, 0.25) is 0 Å². The molecular formula is C15H22FN3O2. The van der Waals surface area contributed by atoms with E-state index in [9.17, 15) is 9.18 Å². The van der Waals surface area contributed by atoms with Gasteiger partial charge >= 0.3 is 6.09 Å². The van der Waals surface area contributed by atoms with Crippen molar-refractivity contribution in [3.05, 3.63) is 29.7 Å². The zero-order valence-electron chi connectivity index (χ0n) is 12.8. The Morgan fingerprint density at radius 2 is 2.24 bits per heavy atom. The highest BCUT2D eigenvalue weighted by Gasteiger charge is 2.17. The predicted molar refractivity (Wildman–Crippen MR) is 81.1 cm³/mol. The maximum absolute atomic E-state index is 13.0. The molecular weight excluding hydrogens is 273 g/mol. The second-order valence-electron chi connectivity index (χ2n) is 5.81. The van der Waals surface area contributed by atoms with Crippen LogP contribution in [0.4, 0.5) is 15.0 Å². The first-order valence-electron chi connectivity index (χ1n) is 6.74. The van der Waals surface area contributed by atoms with E-state index in [1.165, 1.54) is 6.07 Å². The van der Waals surface area contributed by atoms with Crippen molar-refractivity contribution in [2.45, 2.75) is 45.8 Å². The topological polar surface area (TPSA) is 77.2 Å². The number of nitrogens with zero attached hydrogens (tertiary/aromatic N) is 1. The summed E-state index contributed by atoms with van der Waals surface area (Å²) in [7, 11) is 0. The molecule has 0 fully saturated rings. The number of anilines is 1. The van der Waals surface area contributed by atoms with E-state index < -0.39 is 17.5 Å². The highest BCUT2D eigenvalue weighted by molar-refractivity contribution is 5.68. The fourth-order valence-electron chi connectivity index (χ4n) is 1.57. The molecule has 1 rings (SSSR count). The van der Waals surface area contributed by atoms with Crippen molar-refractivity contribution in [1.29, 1.82) is 0 Å². The van der Waals surface area contributed by atoms with Crippen LogP contribution in [-0.2, 0) is 4.74 Å². The summed E-state index contributed by atoms with van der Waals surface area (Å²) < 4.78 is 18.2. The SMILES string of the molecule is C[C@@H](C/C=C/c1cc(F)cnc1N)NC(=O)OC(C)(C)C. The number of hydrogen-bond acceptors (Lipinski definition) is 4. The molecule has 0 aromatic carbocycles. The highest BCUT2D eigenvalue weighted by Crippen LogP contribution is 2.12. The molecule has 3 N–H and O–H groups in total. The van der Waals surface area contributed by atoms with Gasteiger partial charge in [-0.2, -0.15) is 0 Å². The van der Waals surface area contributed by atoms with Crippen molar-refractivity contribution in [2.75, 3.05) is 5.73 Å². The number of carbonyl (C=O) groups excluding carboxylic acids is 1. The molecule has 0 unspecified atom stereocenters. The standard InChI is InChI=1S/C15H22FN3O2/c1-10(19-14(20)21-15(2,3)4)6-5-7-11-8-12(16)9-18-13(11)17/h5,7-10H,6H2,1-4H3,(H2,17,18)(H,19,20)/b7-5+/t10-/m0/s1. The Balaban J connectivity index is 2.49. The number of hydrogen-bond donors (Lipinski definition) is 2. The molecule has 1 amide bonds. The summed E-state index contributed by atoms with van der Waals surface area (Å²) in [6.07, 6.45) is 4.65. The Hall–Kier alpha value is -2.11. The second kappa shape index (κ2) is 7.06. The van der Waals surface area contributed by atoms with E-state index in [1.807, 2.05) is 6.92 Å². The molecule has 0 saturated carbocycles. The molecule has 21 heavy (non-hydrogen) atoms. The van der Waals surface area contributed by atoms with Gasteiger partial charge in [0.15, 0.2) is 0 Å². The first-order valence-corrected chi connectivity index (χ1v) is 6.74. The van der Waals surface area contributed by atoms with Crippen molar-refractivity contribution in [2.24, 2.45) is 0 Å². The largest absolute Gasteiger partial charge is 0.444 e. The Kier molecular flexibility index (Phi) is 5.69. The number of amides is 1. The molecule has 0 bridgehead atoms. The van der Waals surface area contributed by atoms with Crippen LogP contribution in [-0.4, -0.2) is 22.7 Å². The van der Waals surface area contributed by atoms with Gasteiger partial charge in [0, 0.05) is 11.6 Å². The van der Waals surface area contributed by atoms with Crippen LogP contribution in [0.3, 0.4) is 0 Å². The fourth-order valence-corrected chi connectivity index (χ4v) is 1.57.